The van der Waals surface area contributed by atoms with Crippen LogP contribution in [-0.4, -0.2) is 46.7 Å². The number of amides is 1. The van der Waals surface area contributed by atoms with E-state index in [4.69, 9.17) is 0 Å². The molecule has 0 bridgehead atoms. The van der Waals surface area contributed by atoms with Crippen molar-refractivity contribution in [2.45, 2.75) is 51.5 Å². The standard InChI is InChI=1S/C15H24N4O/c1-2-19-9-4-3-6-11(19)10-16-15(20)14-12-7-5-8-13(12)17-18-14/h11H,2-10H2,1H3,(H,16,20)(H,17,18)/t11-/m1/s1. The molecule has 2 aliphatic rings. The fourth-order valence-corrected chi connectivity index (χ4v) is 3.51. The maximum absolute atomic E-state index is 12.3. The van der Waals surface area contributed by atoms with Crippen molar-refractivity contribution < 1.29 is 4.79 Å². The number of rotatable bonds is 4. The second-order valence-corrected chi connectivity index (χ2v) is 5.87. The van der Waals surface area contributed by atoms with Crippen molar-refractivity contribution >= 4 is 5.91 Å². The van der Waals surface area contributed by atoms with E-state index in [1.807, 2.05) is 0 Å². The maximum Gasteiger partial charge on any atom is 0.272 e. The second kappa shape index (κ2) is 5.95. The molecule has 1 saturated heterocycles. The minimum Gasteiger partial charge on any atom is -0.349 e. The highest BCUT2D eigenvalue weighted by Crippen LogP contribution is 2.22. The molecular weight excluding hydrogens is 252 g/mol. The summed E-state index contributed by atoms with van der Waals surface area (Å²) in [6.07, 6.45) is 6.89. The number of aromatic amines is 1. The summed E-state index contributed by atoms with van der Waals surface area (Å²) in [6.45, 7) is 5.17. The van der Waals surface area contributed by atoms with Crippen LogP contribution in [0.1, 0.15) is 54.4 Å². The third kappa shape index (κ3) is 2.59. The molecule has 1 amide bonds. The van der Waals surface area contributed by atoms with Crippen LogP contribution >= 0.6 is 0 Å². The van der Waals surface area contributed by atoms with Gasteiger partial charge in [-0.05, 0) is 45.2 Å². The summed E-state index contributed by atoms with van der Waals surface area (Å²) in [6, 6.07) is 0.490. The predicted octanol–water partition coefficient (Wildman–Crippen LogP) is 1.50. The highest BCUT2D eigenvalue weighted by molar-refractivity contribution is 5.94. The molecule has 0 unspecified atom stereocenters. The number of aryl methyl sites for hydroxylation is 1. The number of piperidine rings is 1. The van der Waals surface area contributed by atoms with E-state index in [2.05, 4.69) is 27.3 Å². The van der Waals surface area contributed by atoms with Gasteiger partial charge in [0.05, 0.1) is 0 Å². The summed E-state index contributed by atoms with van der Waals surface area (Å²) < 4.78 is 0. The number of likely N-dealkylation sites (tertiary alicyclic amines) is 1. The number of H-pyrrole nitrogens is 1. The van der Waals surface area contributed by atoms with E-state index in [9.17, 15) is 4.79 Å². The Bertz CT molecular complexity index is 482. The van der Waals surface area contributed by atoms with Crippen LogP contribution in [0.5, 0.6) is 0 Å². The largest absolute Gasteiger partial charge is 0.349 e. The number of nitrogens with one attached hydrogen (secondary N) is 2. The van der Waals surface area contributed by atoms with Crippen LogP contribution in [0.4, 0.5) is 0 Å². The van der Waals surface area contributed by atoms with Gasteiger partial charge in [-0.3, -0.25) is 14.8 Å². The monoisotopic (exact) mass is 276 g/mol. The zero-order valence-corrected chi connectivity index (χ0v) is 12.2. The Hall–Kier alpha value is -1.36. The van der Waals surface area contributed by atoms with Gasteiger partial charge in [0, 0.05) is 23.8 Å². The topological polar surface area (TPSA) is 61.0 Å². The van der Waals surface area contributed by atoms with Crippen molar-refractivity contribution in [1.29, 1.82) is 0 Å². The van der Waals surface area contributed by atoms with Crippen molar-refractivity contribution in [1.82, 2.24) is 20.4 Å². The molecule has 2 heterocycles. The van der Waals surface area contributed by atoms with E-state index in [1.54, 1.807) is 0 Å². The van der Waals surface area contributed by atoms with Gasteiger partial charge in [0.1, 0.15) is 0 Å². The molecule has 1 aliphatic heterocycles. The molecule has 1 aromatic rings. The van der Waals surface area contributed by atoms with Crippen LogP contribution < -0.4 is 5.32 Å². The average molecular weight is 276 g/mol. The first-order valence-electron chi connectivity index (χ1n) is 7.88. The first-order chi connectivity index (χ1) is 9.79. The Kier molecular flexibility index (Phi) is 4.05. The second-order valence-electron chi connectivity index (χ2n) is 5.87. The highest BCUT2D eigenvalue weighted by Gasteiger charge is 2.25. The number of likely N-dealkylation sites (N-methyl/N-ethyl adjacent to an activating group) is 1. The van der Waals surface area contributed by atoms with E-state index in [0.29, 0.717) is 11.7 Å². The number of hydrogen-bond donors (Lipinski definition) is 2. The Labute approximate surface area is 120 Å². The molecule has 0 spiro atoms. The van der Waals surface area contributed by atoms with Gasteiger partial charge in [0.25, 0.3) is 5.91 Å². The Morgan fingerprint density at radius 3 is 3.15 bits per heavy atom. The lowest BCUT2D eigenvalue weighted by molar-refractivity contribution is 0.0912. The molecular formula is C15H24N4O. The molecule has 1 aromatic heterocycles. The van der Waals surface area contributed by atoms with Crippen molar-refractivity contribution in [3.8, 4) is 0 Å². The molecule has 3 rings (SSSR count). The molecule has 1 atom stereocenters. The summed E-state index contributed by atoms with van der Waals surface area (Å²) in [5, 5.41) is 10.3. The number of carbonyl (C=O) groups is 1. The van der Waals surface area contributed by atoms with E-state index in [1.165, 1.54) is 19.3 Å². The SMILES string of the molecule is CCN1CCCC[C@@H]1CNC(=O)c1n[nH]c2c1CCC2. The van der Waals surface area contributed by atoms with Gasteiger partial charge < -0.3 is 5.32 Å². The molecule has 5 heteroatoms. The molecule has 0 aromatic carbocycles. The Balaban J connectivity index is 1.59. The minimum absolute atomic E-state index is 0.00831. The summed E-state index contributed by atoms with van der Waals surface area (Å²) in [7, 11) is 0. The van der Waals surface area contributed by atoms with Crippen molar-refractivity contribution in [3.05, 3.63) is 17.0 Å². The fourth-order valence-electron chi connectivity index (χ4n) is 3.51. The number of carbonyl (C=O) groups excluding carboxylic acids is 1. The fraction of sp³-hybridized carbons (Fsp3) is 0.733. The third-order valence-electron chi connectivity index (χ3n) is 4.67. The lowest BCUT2D eigenvalue weighted by Gasteiger charge is -2.34. The minimum atomic E-state index is -0.00831. The highest BCUT2D eigenvalue weighted by atomic mass is 16.1. The van der Waals surface area contributed by atoms with E-state index < -0.39 is 0 Å². The molecule has 1 aliphatic carbocycles. The molecule has 0 radical (unpaired) electrons. The summed E-state index contributed by atoms with van der Waals surface area (Å²) in [4.78, 5) is 14.8. The number of hydrogen-bond acceptors (Lipinski definition) is 3. The number of fused-ring (bicyclic) bond motifs is 1. The molecule has 0 saturated carbocycles. The average Bonchev–Trinajstić information content (AvgIpc) is 3.07. The number of aromatic nitrogens is 2. The van der Waals surface area contributed by atoms with Crippen molar-refractivity contribution in [2.75, 3.05) is 19.6 Å². The molecule has 110 valence electrons. The smallest absolute Gasteiger partial charge is 0.272 e. The van der Waals surface area contributed by atoms with Gasteiger partial charge in [0.2, 0.25) is 0 Å². The lowest BCUT2D eigenvalue weighted by atomic mass is 10.0. The van der Waals surface area contributed by atoms with Gasteiger partial charge in [-0.15, -0.1) is 0 Å². The molecule has 5 nitrogen and oxygen atoms in total. The molecule has 2 N–H and O–H groups in total. The van der Waals surface area contributed by atoms with Crippen molar-refractivity contribution in [3.63, 3.8) is 0 Å². The molecule has 1 fully saturated rings. The van der Waals surface area contributed by atoms with Crippen LogP contribution in [0.25, 0.3) is 0 Å². The lowest BCUT2D eigenvalue weighted by Crippen LogP contribution is -2.46. The van der Waals surface area contributed by atoms with E-state index in [-0.39, 0.29) is 5.91 Å². The van der Waals surface area contributed by atoms with E-state index in [0.717, 1.165) is 50.2 Å². The third-order valence-corrected chi connectivity index (χ3v) is 4.67. The zero-order valence-electron chi connectivity index (χ0n) is 12.2. The van der Waals surface area contributed by atoms with Gasteiger partial charge in [-0.25, -0.2) is 0 Å². The van der Waals surface area contributed by atoms with Crippen molar-refractivity contribution in [2.24, 2.45) is 0 Å². The zero-order chi connectivity index (χ0) is 13.9. The first kappa shape index (κ1) is 13.6. The normalized spacial score (nSPS) is 22.8. The van der Waals surface area contributed by atoms with Gasteiger partial charge in [0.15, 0.2) is 5.69 Å². The van der Waals surface area contributed by atoms with Gasteiger partial charge in [-0.1, -0.05) is 13.3 Å². The Morgan fingerprint density at radius 1 is 1.40 bits per heavy atom. The van der Waals surface area contributed by atoms with Gasteiger partial charge in [-0.2, -0.15) is 5.10 Å². The summed E-state index contributed by atoms with van der Waals surface area (Å²) >= 11 is 0. The Morgan fingerprint density at radius 2 is 2.30 bits per heavy atom. The molecule has 20 heavy (non-hydrogen) atoms. The van der Waals surface area contributed by atoms with Crippen LogP contribution in [0.2, 0.25) is 0 Å². The number of nitrogens with zero attached hydrogens (tertiary/aromatic N) is 2. The van der Waals surface area contributed by atoms with Crippen LogP contribution in [0.15, 0.2) is 0 Å². The van der Waals surface area contributed by atoms with Crippen LogP contribution in [0.3, 0.4) is 0 Å². The summed E-state index contributed by atoms with van der Waals surface area (Å²) in [5.41, 5.74) is 2.91. The summed E-state index contributed by atoms with van der Waals surface area (Å²) in [5.74, 6) is -0.00831. The van der Waals surface area contributed by atoms with Crippen LogP contribution in [-0.2, 0) is 12.8 Å². The quantitative estimate of drug-likeness (QED) is 0.876. The first-order valence-corrected chi connectivity index (χ1v) is 7.88. The van der Waals surface area contributed by atoms with Gasteiger partial charge >= 0.3 is 0 Å². The van der Waals surface area contributed by atoms with Crippen LogP contribution in [0, 0.1) is 0 Å². The van der Waals surface area contributed by atoms with E-state index >= 15 is 0 Å². The predicted molar refractivity (Wildman–Crippen MR) is 77.8 cm³/mol. The maximum atomic E-state index is 12.3.